The van der Waals surface area contributed by atoms with Gasteiger partial charge >= 0.3 is 11.9 Å². The molecule has 1 unspecified atom stereocenters. The second kappa shape index (κ2) is 16.8. The number of ether oxygens (including phenoxy) is 2. The molecule has 4 N–H and O–H groups in total. The number of esters is 2. The predicted octanol–water partition coefficient (Wildman–Crippen LogP) is 7.23. The Morgan fingerprint density at radius 1 is 0.651 bits per heavy atom. The molecular formula is C35H37N3O5. The molecule has 4 rings (SSSR count). The number of aliphatic hydroxyl groups is 1. The van der Waals surface area contributed by atoms with Crippen LogP contribution < -0.4 is 20.7 Å². The molecule has 0 aliphatic heterocycles. The Morgan fingerprint density at radius 3 is 1.53 bits per heavy atom. The Kier molecular flexibility index (Phi) is 12.6. The SMILES string of the molecule is C=C(C)C(=O)OCC(O)CNc1ccc(Nc2ccccc2)cc1.C=C(C)C(=O)Oc1ccc(Nc2ccccc2)cc1. The first-order chi connectivity index (χ1) is 20.7. The monoisotopic (exact) mass is 579 g/mol. The Balaban J connectivity index is 0.000000242. The second-order valence-corrected chi connectivity index (χ2v) is 9.67. The summed E-state index contributed by atoms with van der Waals surface area (Å²) in [6.45, 7) is 10.4. The van der Waals surface area contributed by atoms with Crippen LogP contribution in [0.5, 0.6) is 5.75 Å². The molecule has 1 atom stereocenters. The van der Waals surface area contributed by atoms with Crippen molar-refractivity contribution in [2.24, 2.45) is 0 Å². The van der Waals surface area contributed by atoms with Crippen molar-refractivity contribution in [2.75, 3.05) is 29.1 Å². The summed E-state index contributed by atoms with van der Waals surface area (Å²) in [5.74, 6) is -0.402. The molecule has 0 saturated carbocycles. The third-order valence-corrected chi connectivity index (χ3v) is 5.72. The average Bonchev–Trinajstić information content (AvgIpc) is 3.01. The molecule has 0 fully saturated rings. The van der Waals surface area contributed by atoms with Gasteiger partial charge in [0, 0.05) is 46.1 Å². The lowest BCUT2D eigenvalue weighted by atomic mass is 10.2. The molecule has 4 aromatic rings. The Labute approximate surface area is 252 Å². The van der Waals surface area contributed by atoms with Gasteiger partial charge in [0.05, 0.1) is 0 Å². The van der Waals surface area contributed by atoms with Crippen molar-refractivity contribution in [3.05, 3.63) is 133 Å². The van der Waals surface area contributed by atoms with E-state index < -0.39 is 18.0 Å². The number of carbonyl (C=O) groups excluding carboxylic acids is 2. The van der Waals surface area contributed by atoms with Crippen molar-refractivity contribution < 1.29 is 24.2 Å². The van der Waals surface area contributed by atoms with E-state index in [1.807, 2.05) is 97.1 Å². The summed E-state index contributed by atoms with van der Waals surface area (Å²) in [6, 6.07) is 34.7. The Morgan fingerprint density at radius 2 is 1.07 bits per heavy atom. The molecule has 0 aromatic heterocycles. The fourth-order valence-electron chi connectivity index (χ4n) is 3.44. The van der Waals surface area contributed by atoms with Crippen LogP contribution in [0.2, 0.25) is 0 Å². The van der Waals surface area contributed by atoms with Gasteiger partial charge < -0.3 is 30.5 Å². The number of nitrogens with one attached hydrogen (secondary N) is 3. The first kappa shape index (κ1) is 32.2. The highest BCUT2D eigenvalue weighted by molar-refractivity contribution is 5.88. The highest BCUT2D eigenvalue weighted by Crippen LogP contribution is 2.21. The van der Waals surface area contributed by atoms with E-state index in [2.05, 4.69) is 29.1 Å². The number of carbonyl (C=O) groups is 2. The quantitative estimate of drug-likeness (QED) is 0.0791. The highest BCUT2D eigenvalue weighted by atomic mass is 16.5. The maximum Gasteiger partial charge on any atom is 0.338 e. The molecule has 0 aliphatic carbocycles. The van der Waals surface area contributed by atoms with Crippen LogP contribution in [0, 0.1) is 0 Å². The zero-order valence-electron chi connectivity index (χ0n) is 24.4. The van der Waals surface area contributed by atoms with E-state index in [-0.39, 0.29) is 13.2 Å². The van der Waals surface area contributed by atoms with E-state index in [0.29, 0.717) is 16.9 Å². The molecule has 0 radical (unpaired) electrons. The van der Waals surface area contributed by atoms with Gasteiger partial charge in [-0.3, -0.25) is 0 Å². The largest absolute Gasteiger partial charge is 0.460 e. The van der Waals surface area contributed by atoms with Crippen LogP contribution in [0.1, 0.15) is 13.8 Å². The summed E-state index contributed by atoms with van der Waals surface area (Å²) in [5.41, 5.74) is 5.51. The van der Waals surface area contributed by atoms with Crippen LogP contribution >= 0.6 is 0 Å². The van der Waals surface area contributed by atoms with Gasteiger partial charge in [0.2, 0.25) is 0 Å². The van der Waals surface area contributed by atoms with E-state index in [1.54, 1.807) is 26.0 Å². The molecule has 4 aromatic carbocycles. The fraction of sp³-hybridized carbons (Fsp3) is 0.143. The van der Waals surface area contributed by atoms with Gasteiger partial charge in [-0.2, -0.15) is 0 Å². The van der Waals surface area contributed by atoms with Gasteiger partial charge in [-0.05, 0) is 86.6 Å². The number of aliphatic hydroxyl groups excluding tert-OH is 1. The first-order valence-corrected chi connectivity index (χ1v) is 13.7. The van der Waals surface area contributed by atoms with Gasteiger partial charge in [-0.25, -0.2) is 9.59 Å². The van der Waals surface area contributed by atoms with Crippen LogP contribution in [0.3, 0.4) is 0 Å². The molecule has 43 heavy (non-hydrogen) atoms. The zero-order chi connectivity index (χ0) is 31.0. The van der Waals surface area contributed by atoms with Crippen LogP contribution in [0.4, 0.5) is 28.4 Å². The third-order valence-electron chi connectivity index (χ3n) is 5.72. The number of anilines is 5. The number of hydrogen-bond donors (Lipinski definition) is 4. The fourth-order valence-corrected chi connectivity index (χ4v) is 3.44. The number of hydrogen-bond acceptors (Lipinski definition) is 8. The van der Waals surface area contributed by atoms with E-state index >= 15 is 0 Å². The summed E-state index contributed by atoms with van der Waals surface area (Å²) >= 11 is 0. The highest BCUT2D eigenvalue weighted by Gasteiger charge is 2.09. The molecule has 0 aliphatic rings. The van der Waals surface area contributed by atoms with Gasteiger partial charge in [0.25, 0.3) is 0 Å². The molecular weight excluding hydrogens is 542 g/mol. The number of rotatable bonds is 12. The lowest BCUT2D eigenvalue weighted by molar-refractivity contribution is -0.141. The van der Waals surface area contributed by atoms with Crippen LogP contribution in [0.15, 0.2) is 133 Å². The van der Waals surface area contributed by atoms with E-state index in [1.165, 1.54) is 0 Å². The minimum atomic E-state index is -0.782. The predicted molar refractivity (Wildman–Crippen MR) is 173 cm³/mol. The minimum absolute atomic E-state index is 0.0632. The molecule has 0 bridgehead atoms. The van der Waals surface area contributed by atoms with Crippen LogP contribution in [-0.2, 0) is 14.3 Å². The van der Waals surface area contributed by atoms with Crippen molar-refractivity contribution in [1.82, 2.24) is 0 Å². The molecule has 0 heterocycles. The molecule has 222 valence electrons. The summed E-state index contributed by atoms with van der Waals surface area (Å²) in [5, 5.41) is 19.5. The second-order valence-electron chi connectivity index (χ2n) is 9.67. The maximum atomic E-state index is 11.4. The Bertz CT molecular complexity index is 1470. The summed E-state index contributed by atoms with van der Waals surface area (Å²) in [7, 11) is 0. The zero-order valence-corrected chi connectivity index (χ0v) is 24.4. The lowest BCUT2D eigenvalue weighted by Crippen LogP contribution is -2.26. The van der Waals surface area contributed by atoms with Crippen molar-refractivity contribution in [3.8, 4) is 5.75 Å². The molecule has 8 nitrogen and oxygen atoms in total. The van der Waals surface area contributed by atoms with Crippen molar-refractivity contribution in [2.45, 2.75) is 20.0 Å². The van der Waals surface area contributed by atoms with Gasteiger partial charge in [0.15, 0.2) is 0 Å². The Hall–Kier alpha value is -5.34. The van der Waals surface area contributed by atoms with Crippen molar-refractivity contribution in [3.63, 3.8) is 0 Å². The average molecular weight is 580 g/mol. The molecule has 0 amide bonds. The van der Waals surface area contributed by atoms with Gasteiger partial charge in [-0.1, -0.05) is 49.6 Å². The van der Waals surface area contributed by atoms with Crippen LogP contribution in [0.25, 0.3) is 0 Å². The normalized spacial score (nSPS) is 10.7. The van der Waals surface area contributed by atoms with Gasteiger partial charge in [0.1, 0.15) is 18.5 Å². The molecule has 0 saturated heterocycles. The molecule has 8 heteroatoms. The first-order valence-electron chi connectivity index (χ1n) is 13.7. The van der Waals surface area contributed by atoms with E-state index in [4.69, 9.17) is 9.47 Å². The topological polar surface area (TPSA) is 109 Å². The minimum Gasteiger partial charge on any atom is -0.460 e. The lowest BCUT2D eigenvalue weighted by Gasteiger charge is -2.14. The van der Waals surface area contributed by atoms with Crippen LogP contribution in [-0.4, -0.2) is 36.3 Å². The summed E-state index contributed by atoms with van der Waals surface area (Å²) < 4.78 is 10.0. The smallest absolute Gasteiger partial charge is 0.338 e. The maximum absolute atomic E-state index is 11.4. The molecule has 0 spiro atoms. The summed E-state index contributed by atoms with van der Waals surface area (Å²) in [6.07, 6.45) is -0.782. The number of benzene rings is 4. The summed E-state index contributed by atoms with van der Waals surface area (Å²) in [4.78, 5) is 22.6. The number of para-hydroxylation sites is 2. The third kappa shape index (κ3) is 12.0. The van der Waals surface area contributed by atoms with Crippen molar-refractivity contribution in [1.29, 1.82) is 0 Å². The van der Waals surface area contributed by atoms with Crippen molar-refractivity contribution >= 4 is 40.4 Å². The van der Waals surface area contributed by atoms with Gasteiger partial charge in [-0.15, -0.1) is 0 Å². The standard InChI is InChI=1S/C19H22N2O3.C16H15NO2/c1-14(2)19(23)24-13-18(22)12-20-15-8-10-17(11-9-15)21-16-6-4-3-5-7-16;1-12(2)16(18)19-15-10-8-14(9-11-15)17-13-6-4-3-5-7-13/h3-11,18,20-22H,1,12-13H2,2H3;3-11,17H,1H2,2H3. The van der Waals surface area contributed by atoms with E-state index in [9.17, 15) is 14.7 Å². The van der Waals surface area contributed by atoms with E-state index in [0.717, 1.165) is 28.4 Å².